The average molecular weight is 339 g/mol. The number of carbonyl (C=O) groups excluding carboxylic acids is 1. The van der Waals surface area contributed by atoms with Gasteiger partial charge in [-0.3, -0.25) is 9.48 Å². The molecule has 0 unspecified atom stereocenters. The number of aromatic nitrogens is 4. The normalized spacial score (nSPS) is 12.3. The smallest absolute Gasteiger partial charge is 0.251 e. The van der Waals surface area contributed by atoms with E-state index in [4.69, 9.17) is 4.74 Å². The highest BCUT2D eigenvalue weighted by molar-refractivity contribution is 5.97. The number of ether oxygens (including phenoxy) is 1. The monoisotopic (exact) mass is 339 g/mol. The van der Waals surface area contributed by atoms with Crippen molar-refractivity contribution in [3.05, 3.63) is 53.1 Å². The molecule has 130 valence electrons. The Bertz CT molecular complexity index is 919. The molecule has 1 amide bonds. The molecule has 0 aliphatic rings. The molecule has 0 saturated carbocycles. The Balaban J connectivity index is 1.87. The Morgan fingerprint density at radius 2 is 1.92 bits per heavy atom. The van der Waals surface area contributed by atoms with E-state index in [1.165, 1.54) is 0 Å². The summed E-state index contributed by atoms with van der Waals surface area (Å²) in [6.07, 6.45) is 1.70. The van der Waals surface area contributed by atoms with Crippen LogP contribution >= 0.6 is 0 Å². The number of rotatable bonds is 5. The summed E-state index contributed by atoms with van der Waals surface area (Å²) >= 11 is 0. The van der Waals surface area contributed by atoms with E-state index in [1.54, 1.807) is 30.1 Å². The van der Waals surface area contributed by atoms with Gasteiger partial charge in [0.2, 0.25) is 0 Å². The third-order valence-corrected chi connectivity index (χ3v) is 4.19. The van der Waals surface area contributed by atoms with Crippen LogP contribution in [0.5, 0.6) is 0 Å². The fourth-order valence-electron chi connectivity index (χ4n) is 2.71. The number of methoxy groups -OCH3 is 1. The van der Waals surface area contributed by atoms with Crippen LogP contribution in [0.4, 0.5) is 0 Å². The summed E-state index contributed by atoms with van der Waals surface area (Å²) in [6.45, 7) is 4.19. The summed E-state index contributed by atoms with van der Waals surface area (Å²) in [7, 11) is 3.44. The van der Waals surface area contributed by atoms with Gasteiger partial charge < -0.3 is 10.1 Å². The zero-order valence-electron chi connectivity index (χ0n) is 14.8. The minimum atomic E-state index is -0.286. The Morgan fingerprint density at radius 3 is 2.56 bits per heavy atom. The summed E-state index contributed by atoms with van der Waals surface area (Å²) in [5.41, 5.74) is 4.65. The fourth-order valence-corrected chi connectivity index (χ4v) is 2.71. The largest absolute Gasteiger partial charge is 0.382 e. The van der Waals surface area contributed by atoms with E-state index in [0.717, 1.165) is 22.6 Å². The lowest BCUT2D eigenvalue weighted by atomic mass is 10.1. The van der Waals surface area contributed by atoms with Crippen molar-refractivity contribution >= 4 is 16.9 Å². The first kappa shape index (κ1) is 17.0. The van der Waals surface area contributed by atoms with E-state index in [9.17, 15) is 4.79 Å². The minimum Gasteiger partial charge on any atom is -0.382 e. The van der Waals surface area contributed by atoms with Crippen LogP contribution in [0.15, 0.2) is 30.5 Å². The van der Waals surface area contributed by atoms with Gasteiger partial charge in [0.05, 0.1) is 40.8 Å². The predicted octanol–water partition coefficient (Wildman–Crippen LogP) is 2.10. The number of benzene rings is 1. The van der Waals surface area contributed by atoms with E-state index >= 15 is 0 Å². The zero-order valence-corrected chi connectivity index (χ0v) is 14.8. The molecule has 25 heavy (non-hydrogen) atoms. The van der Waals surface area contributed by atoms with Crippen molar-refractivity contribution in [1.29, 1.82) is 0 Å². The Hall–Kier alpha value is -2.80. The van der Waals surface area contributed by atoms with Gasteiger partial charge in [-0.15, -0.1) is 0 Å². The van der Waals surface area contributed by atoms with Crippen molar-refractivity contribution in [3.8, 4) is 0 Å². The van der Waals surface area contributed by atoms with Crippen molar-refractivity contribution in [2.75, 3.05) is 13.7 Å². The van der Waals surface area contributed by atoms with Crippen LogP contribution in [0.25, 0.3) is 11.0 Å². The molecule has 3 aromatic rings. The first-order chi connectivity index (χ1) is 12.0. The van der Waals surface area contributed by atoms with Crippen LogP contribution in [0, 0.1) is 13.8 Å². The molecule has 0 bridgehead atoms. The number of amides is 1. The lowest BCUT2D eigenvalue weighted by molar-refractivity contribution is 0.0892. The molecule has 1 aromatic carbocycles. The van der Waals surface area contributed by atoms with Gasteiger partial charge in [0.25, 0.3) is 5.91 Å². The second-order valence-corrected chi connectivity index (χ2v) is 5.96. The van der Waals surface area contributed by atoms with Crippen molar-refractivity contribution in [2.45, 2.75) is 19.9 Å². The van der Waals surface area contributed by atoms with Crippen LogP contribution in [0.3, 0.4) is 0 Å². The van der Waals surface area contributed by atoms with E-state index in [-0.39, 0.29) is 11.9 Å². The molecule has 7 heteroatoms. The van der Waals surface area contributed by atoms with Gasteiger partial charge >= 0.3 is 0 Å². The maximum atomic E-state index is 12.7. The summed E-state index contributed by atoms with van der Waals surface area (Å²) in [4.78, 5) is 21.7. The molecular formula is C18H21N5O2. The van der Waals surface area contributed by atoms with E-state index in [1.807, 2.05) is 33.0 Å². The molecule has 1 atom stereocenters. The van der Waals surface area contributed by atoms with Gasteiger partial charge in [0, 0.05) is 25.9 Å². The van der Waals surface area contributed by atoms with E-state index in [0.29, 0.717) is 17.7 Å². The molecule has 0 aliphatic heterocycles. The van der Waals surface area contributed by atoms with Gasteiger partial charge in [-0.05, 0) is 38.1 Å². The number of nitrogens with zero attached hydrogens (tertiary/aromatic N) is 4. The van der Waals surface area contributed by atoms with Crippen molar-refractivity contribution < 1.29 is 9.53 Å². The standard InChI is InChI=1S/C18H21N5O2/c1-11-12(2)21-15-9-13(5-6-14(15)20-11)18(24)22-16(10-25-4)17-7-8-19-23(17)3/h5-9,16H,10H2,1-4H3,(H,22,24)/t16-/m1/s1. The maximum Gasteiger partial charge on any atom is 0.251 e. The Kier molecular flexibility index (Phi) is 4.76. The summed E-state index contributed by atoms with van der Waals surface area (Å²) in [5, 5.41) is 7.15. The molecule has 2 heterocycles. The number of carbonyl (C=O) groups is 1. The lowest BCUT2D eigenvalue weighted by Gasteiger charge is -2.18. The second-order valence-electron chi connectivity index (χ2n) is 5.96. The molecule has 0 fully saturated rings. The highest BCUT2D eigenvalue weighted by Crippen LogP contribution is 2.17. The number of aryl methyl sites for hydroxylation is 3. The number of fused-ring (bicyclic) bond motifs is 1. The number of nitrogens with one attached hydrogen (secondary N) is 1. The summed E-state index contributed by atoms with van der Waals surface area (Å²) in [5.74, 6) is -0.190. The van der Waals surface area contributed by atoms with Crippen LogP contribution in [0.1, 0.15) is 33.5 Å². The molecule has 0 saturated heterocycles. The molecule has 7 nitrogen and oxygen atoms in total. The molecule has 0 spiro atoms. The fraction of sp³-hybridized carbons (Fsp3) is 0.333. The molecule has 2 aromatic heterocycles. The Morgan fingerprint density at radius 1 is 1.20 bits per heavy atom. The molecule has 3 rings (SSSR count). The van der Waals surface area contributed by atoms with Gasteiger partial charge in [-0.25, -0.2) is 9.97 Å². The molecular weight excluding hydrogens is 318 g/mol. The number of hydrogen-bond acceptors (Lipinski definition) is 5. The molecule has 1 N–H and O–H groups in total. The molecule has 0 radical (unpaired) electrons. The van der Waals surface area contributed by atoms with Crippen LogP contribution in [-0.4, -0.2) is 39.4 Å². The third kappa shape index (κ3) is 3.51. The first-order valence-corrected chi connectivity index (χ1v) is 8.02. The van der Waals surface area contributed by atoms with E-state index < -0.39 is 0 Å². The highest BCUT2D eigenvalue weighted by Gasteiger charge is 2.19. The average Bonchev–Trinajstić information content (AvgIpc) is 3.01. The first-order valence-electron chi connectivity index (χ1n) is 8.02. The van der Waals surface area contributed by atoms with Gasteiger partial charge in [0.15, 0.2) is 0 Å². The van der Waals surface area contributed by atoms with Crippen molar-refractivity contribution in [3.63, 3.8) is 0 Å². The third-order valence-electron chi connectivity index (χ3n) is 4.19. The van der Waals surface area contributed by atoms with E-state index in [2.05, 4.69) is 20.4 Å². The topological polar surface area (TPSA) is 81.9 Å². The zero-order chi connectivity index (χ0) is 18.0. The second kappa shape index (κ2) is 6.98. The highest BCUT2D eigenvalue weighted by atomic mass is 16.5. The van der Waals surface area contributed by atoms with Crippen molar-refractivity contribution in [1.82, 2.24) is 25.1 Å². The van der Waals surface area contributed by atoms with Gasteiger partial charge in [-0.2, -0.15) is 5.10 Å². The SMILES string of the molecule is COC[C@@H](NC(=O)c1ccc2nc(C)c(C)nc2c1)c1ccnn1C. The van der Waals surface area contributed by atoms with Crippen LogP contribution < -0.4 is 5.32 Å². The number of hydrogen-bond donors (Lipinski definition) is 1. The minimum absolute atomic E-state index is 0.190. The van der Waals surface area contributed by atoms with Crippen molar-refractivity contribution in [2.24, 2.45) is 7.05 Å². The van der Waals surface area contributed by atoms with Crippen LogP contribution in [-0.2, 0) is 11.8 Å². The quantitative estimate of drug-likeness (QED) is 0.770. The maximum absolute atomic E-state index is 12.7. The summed E-state index contributed by atoms with van der Waals surface area (Å²) < 4.78 is 6.96. The predicted molar refractivity (Wildman–Crippen MR) is 94.3 cm³/mol. The van der Waals surface area contributed by atoms with Gasteiger partial charge in [-0.1, -0.05) is 0 Å². The summed E-state index contributed by atoms with van der Waals surface area (Å²) in [6, 6.07) is 6.92. The molecule has 0 aliphatic carbocycles. The Labute approximate surface area is 146 Å². The van der Waals surface area contributed by atoms with Crippen LogP contribution in [0.2, 0.25) is 0 Å². The lowest BCUT2D eigenvalue weighted by Crippen LogP contribution is -2.32. The van der Waals surface area contributed by atoms with Gasteiger partial charge in [0.1, 0.15) is 0 Å².